The molecule has 4 heteroatoms. The Hall–Kier alpha value is -4.31. The lowest BCUT2D eigenvalue weighted by molar-refractivity contribution is -0.155. The summed E-state index contributed by atoms with van der Waals surface area (Å²) in [5, 5.41) is 0. The summed E-state index contributed by atoms with van der Waals surface area (Å²) in [4.78, 5) is 40.9. The van der Waals surface area contributed by atoms with E-state index in [0.29, 0.717) is 12.0 Å². The van der Waals surface area contributed by atoms with Gasteiger partial charge < -0.3 is 4.74 Å². The van der Waals surface area contributed by atoms with Crippen molar-refractivity contribution in [3.63, 3.8) is 0 Å². The van der Waals surface area contributed by atoms with Crippen molar-refractivity contribution < 1.29 is 19.1 Å². The van der Waals surface area contributed by atoms with E-state index in [1.165, 1.54) is 0 Å². The summed E-state index contributed by atoms with van der Waals surface area (Å²) < 4.78 is 5.89. The average Bonchev–Trinajstić information content (AvgIpc) is 3.22. The van der Waals surface area contributed by atoms with Crippen LogP contribution >= 0.6 is 0 Å². The third kappa shape index (κ3) is 5.01. The second-order valence-electron chi connectivity index (χ2n) is 9.44. The third-order valence-corrected chi connectivity index (χ3v) is 7.15. The molecule has 0 N–H and O–H groups in total. The second-order valence-corrected chi connectivity index (χ2v) is 9.44. The Morgan fingerprint density at radius 2 is 1.19 bits per heavy atom. The second kappa shape index (κ2) is 10.8. The van der Waals surface area contributed by atoms with Gasteiger partial charge in [-0.1, -0.05) is 121 Å². The standard InChI is InChI=1S/C33H28O4/c34-29(23-28(25-15-7-2-8-16-25)26-17-9-3-10-18-26)30-31(35)33(37-32(30)36,27-19-11-4-12-20-27)22-21-24-13-5-1-6-14-24/h1-20,28,30H,21-23H2. The zero-order chi connectivity index (χ0) is 25.7. The Morgan fingerprint density at radius 1 is 0.703 bits per heavy atom. The van der Waals surface area contributed by atoms with E-state index in [0.717, 1.165) is 16.7 Å². The van der Waals surface area contributed by atoms with Crippen LogP contribution in [0.2, 0.25) is 0 Å². The van der Waals surface area contributed by atoms with Crippen LogP contribution in [0.4, 0.5) is 0 Å². The molecule has 0 aromatic heterocycles. The van der Waals surface area contributed by atoms with Crippen molar-refractivity contribution >= 4 is 17.5 Å². The number of carbonyl (C=O) groups is 3. The molecule has 5 rings (SSSR count). The van der Waals surface area contributed by atoms with E-state index >= 15 is 0 Å². The highest BCUT2D eigenvalue weighted by atomic mass is 16.6. The predicted molar refractivity (Wildman–Crippen MR) is 142 cm³/mol. The van der Waals surface area contributed by atoms with Crippen LogP contribution in [0, 0.1) is 5.92 Å². The minimum absolute atomic E-state index is 0.0308. The van der Waals surface area contributed by atoms with E-state index in [1.807, 2.05) is 109 Å². The van der Waals surface area contributed by atoms with Gasteiger partial charge in [-0.3, -0.25) is 14.4 Å². The molecule has 2 atom stereocenters. The zero-order valence-electron chi connectivity index (χ0n) is 20.5. The highest BCUT2D eigenvalue weighted by Crippen LogP contribution is 2.42. The summed E-state index contributed by atoms with van der Waals surface area (Å²) in [5.41, 5.74) is 2.06. The van der Waals surface area contributed by atoms with Gasteiger partial charge in [0.25, 0.3) is 0 Å². The molecule has 2 unspecified atom stereocenters. The minimum Gasteiger partial charge on any atom is -0.445 e. The van der Waals surface area contributed by atoms with Gasteiger partial charge in [0, 0.05) is 24.3 Å². The largest absolute Gasteiger partial charge is 0.445 e. The van der Waals surface area contributed by atoms with Gasteiger partial charge in [-0.05, 0) is 23.1 Å². The highest BCUT2D eigenvalue weighted by Gasteiger charge is 2.58. The molecular formula is C33H28O4. The molecule has 0 spiro atoms. The number of carbonyl (C=O) groups excluding carboxylic acids is 3. The van der Waals surface area contributed by atoms with Gasteiger partial charge in [0.05, 0.1) is 0 Å². The number of ketones is 2. The Bertz CT molecular complexity index is 1330. The number of Topliss-reactive ketones (excluding diaryl/α,β-unsaturated/α-hetero) is 2. The van der Waals surface area contributed by atoms with Crippen LogP contribution in [0.3, 0.4) is 0 Å². The minimum atomic E-state index is -1.48. The zero-order valence-corrected chi connectivity index (χ0v) is 20.5. The number of benzene rings is 4. The Kier molecular flexibility index (Phi) is 7.09. The van der Waals surface area contributed by atoms with Crippen molar-refractivity contribution in [3.8, 4) is 0 Å². The Morgan fingerprint density at radius 3 is 1.73 bits per heavy atom. The fourth-order valence-electron chi connectivity index (χ4n) is 5.21. The molecule has 1 aliphatic heterocycles. The van der Waals surface area contributed by atoms with E-state index in [9.17, 15) is 14.4 Å². The number of rotatable bonds is 9. The summed E-state index contributed by atoms with van der Waals surface area (Å²) in [6.45, 7) is 0. The quantitative estimate of drug-likeness (QED) is 0.213. The summed E-state index contributed by atoms with van der Waals surface area (Å²) in [5.74, 6) is -3.35. The Labute approximate surface area is 216 Å². The van der Waals surface area contributed by atoms with Crippen molar-refractivity contribution in [3.05, 3.63) is 144 Å². The lowest BCUT2D eigenvalue weighted by Crippen LogP contribution is -2.37. The molecule has 1 saturated heterocycles. The van der Waals surface area contributed by atoms with E-state index in [2.05, 4.69) is 0 Å². The molecule has 4 nitrogen and oxygen atoms in total. The van der Waals surface area contributed by atoms with Gasteiger partial charge in [0.2, 0.25) is 5.78 Å². The molecule has 0 bridgehead atoms. The van der Waals surface area contributed by atoms with Crippen molar-refractivity contribution in [2.24, 2.45) is 5.92 Å². The summed E-state index contributed by atoms with van der Waals surface area (Å²) in [6, 6.07) is 38.2. The topological polar surface area (TPSA) is 60.4 Å². The summed E-state index contributed by atoms with van der Waals surface area (Å²) in [7, 11) is 0. The van der Waals surface area contributed by atoms with Crippen LogP contribution in [0.1, 0.15) is 41.0 Å². The maximum absolute atomic E-state index is 14.0. The smallest absolute Gasteiger partial charge is 0.325 e. The first-order valence-electron chi connectivity index (χ1n) is 12.6. The van der Waals surface area contributed by atoms with Gasteiger partial charge in [0.1, 0.15) is 0 Å². The monoisotopic (exact) mass is 488 g/mol. The van der Waals surface area contributed by atoms with Gasteiger partial charge in [-0.15, -0.1) is 0 Å². The van der Waals surface area contributed by atoms with Crippen LogP contribution in [-0.2, 0) is 31.1 Å². The SMILES string of the molecule is O=C(CC(c1ccccc1)c1ccccc1)C1C(=O)OC(CCc2ccccc2)(c2ccccc2)C1=O. The highest BCUT2D eigenvalue weighted by molar-refractivity contribution is 6.23. The van der Waals surface area contributed by atoms with Crippen molar-refractivity contribution in [2.75, 3.05) is 0 Å². The first-order chi connectivity index (χ1) is 18.1. The molecule has 4 aromatic carbocycles. The van der Waals surface area contributed by atoms with Crippen LogP contribution in [0.15, 0.2) is 121 Å². The number of hydrogen-bond acceptors (Lipinski definition) is 4. The molecule has 0 aliphatic carbocycles. The van der Waals surface area contributed by atoms with Gasteiger partial charge in [-0.2, -0.15) is 0 Å². The molecule has 0 amide bonds. The fourth-order valence-corrected chi connectivity index (χ4v) is 5.21. The van der Waals surface area contributed by atoms with Crippen LogP contribution < -0.4 is 0 Å². The van der Waals surface area contributed by atoms with Gasteiger partial charge >= 0.3 is 5.97 Å². The number of hydrogen-bond donors (Lipinski definition) is 0. The number of ether oxygens (including phenoxy) is 1. The molecule has 0 saturated carbocycles. The van der Waals surface area contributed by atoms with Crippen molar-refractivity contribution in [2.45, 2.75) is 30.8 Å². The predicted octanol–water partition coefficient (Wildman–Crippen LogP) is 6.05. The van der Waals surface area contributed by atoms with E-state index in [1.54, 1.807) is 12.1 Å². The van der Waals surface area contributed by atoms with E-state index < -0.39 is 29.1 Å². The first-order valence-corrected chi connectivity index (χ1v) is 12.6. The summed E-state index contributed by atoms with van der Waals surface area (Å²) in [6.07, 6.45) is 0.839. The maximum atomic E-state index is 14.0. The lowest BCUT2D eigenvalue weighted by atomic mass is 9.78. The summed E-state index contributed by atoms with van der Waals surface area (Å²) >= 11 is 0. The molecule has 1 fully saturated rings. The normalized spacial score (nSPS) is 19.1. The molecule has 1 heterocycles. The molecular weight excluding hydrogens is 460 g/mol. The molecule has 0 radical (unpaired) electrons. The number of cyclic esters (lactones) is 1. The van der Waals surface area contributed by atoms with E-state index in [-0.39, 0.29) is 18.8 Å². The Balaban J connectivity index is 1.46. The van der Waals surface area contributed by atoms with Gasteiger partial charge in [-0.25, -0.2) is 0 Å². The lowest BCUT2D eigenvalue weighted by Gasteiger charge is -2.27. The fraction of sp³-hybridized carbons (Fsp3) is 0.182. The third-order valence-electron chi connectivity index (χ3n) is 7.15. The molecule has 184 valence electrons. The maximum Gasteiger partial charge on any atom is 0.325 e. The van der Waals surface area contributed by atoms with Gasteiger partial charge in [0.15, 0.2) is 17.3 Å². The first kappa shape index (κ1) is 24.4. The van der Waals surface area contributed by atoms with Crippen LogP contribution in [0.25, 0.3) is 0 Å². The molecule has 4 aromatic rings. The number of esters is 1. The van der Waals surface area contributed by atoms with E-state index in [4.69, 9.17) is 4.74 Å². The average molecular weight is 489 g/mol. The van der Waals surface area contributed by atoms with Crippen molar-refractivity contribution in [1.29, 1.82) is 0 Å². The number of aryl methyl sites for hydroxylation is 1. The molecule has 1 aliphatic rings. The van der Waals surface area contributed by atoms with Crippen molar-refractivity contribution in [1.82, 2.24) is 0 Å². The molecule has 37 heavy (non-hydrogen) atoms. The van der Waals surface area contributed by atoms with Crippen LogP contribution in [0.5, 0.6) is 0 Å². The van der Waals surface area contributed by atoms with Crippen LogP contribution in [-0.4, -0.2) is 17.5 Å².